The number of nitrogens with zero attached hydrogens (tertiary/aromatic N) is 2. The Morgan fingerprint density at radius 2 is 1.96 bits per heavy atom. The number of anilines is 1. The molecule has 0 saturated heterocycles. The third-order valence-corrected chi connectivity index (χ3v) is 3.78. The van der Waals surface area contributed by atoms with E-state index < -0.39 is 11.0 Å². The second kappa shape index (κ2) is 7.75. The number of non-ortho nitro benzene ring substituents is 1. The topological polar surface area (TPSA) is 97.5 Å². The van der Waals surface area contributed by atoms with Gasteiger partial charge in [0.15, 0.2) is 0 Å². The first kappa shape index (κ1) is 17.6. The van der Waals surface area contributed by atoms with Crippen LogP contribution in [0.1, 0.15) is 0 Å². The molecule has 0 fully saturated rings. The van der Waals surface area contributed by atoms with Crippen molar-refractivity contribution in [3.05, 3.63) is 70.8 Å². The Kier molecular flexibility index (Phi) is 5.23. The van der Waals surface area contributed by atoms with Crippen molar-refractivity contribution in [2.24, 2.45) is 0 Å². The van der Waals surface area contributed by atoms with Crippen molar-refractivity contribution >= 4 is 22.1 Å². The second-order valence-electron chi connectivity index (χ2n) is 5.61. The van der Waals surface area contributed by atoms with Gasteiger partial charge >= 0.3 is 0 Å². The molecule has 1 aromatic heterocycles. The molecule has 3 aromatic rings. The van der Waals surface area contributed by atoms with Gasteiger partial charge in [-0.15, -0.1) is 0 Å². The molecule has 1 heterocycles. The highest BCUT2D eigenvalue weighted by molar-refractivity contribution is 5.99. The van der Waals surface area contributed by atoms with Crippen LogP contribution in [0.25, 0.3) is 10.8 Å². The Morgan fingerprint density at radius 1 is 1.19 bits per heavy atom. The zero-order chi connectivity index (χ0) is 18.5. The lowest BCUT2D eigenvalue weighted by Crippen LogP contribution is -2.26. The van der Waals surface area contributed by atoms with Gasteiger partial charge in [0, 0.05) is 36.1 Å². The number of rotatable bonds is 7. The fraction of sp³-hybridized carbons (Fsp3) is 0.167. The van der Waals surface area contributed by atoms with E-state index in [0.29, 0.717) is 22.2 Å². The van der Waals surface area contributed by atoms with Crippen LogP contribution in [0.3, 0.4) is 0 Å². The summed E-state index contributed by atoms with van der Waals surface area (Å²) in [7, 11) is 0. The molecule has 0 bridgehead atoms. The van der Waals surface area contributed by atoms with Crippen LogP contribution in [0, 0.1) is 15.9 Å². The summed E-state index contributed by atoms with van der Waals surface area (Å²) in [5.41, 5.74) is 0.618. The fourth-order valence-electron chi connectivity index (χ4n) is 2.50. The molecule has 2 aromatic carbocycles. The molecule has 7 nitrogen and oxygen atoms in total. The van der Waals surface area contributed by atoms with Gasteiger partial charge in [-0.1, -0.05) is 0 Å². The minimum Gasteiger partial charge on any atom is -0.491 e. The number of fused-ring (bicyclic) bond motifs is 1. The molecule has 26 heavy (non-hydrogen) atoms. The van der Waals surface area contributed by atoms with E-state index in [2.05, 4.69) is 10.3 Å². The summed E-state index contributed by atoms with van der Waals surface area (Å²) in [6.07, 6.45) is 2.16. The number of aliphatic hydroxyl groups excluding tert-OH is 1. The van der Waals surface area contributed by atoms with Crippen molar-refractivity contribution in [3.63, 3.8) is 0 Å². The average Bonchev–Trinajstić information content (AvgIpc) is 2.65. The predicted octanol–water partition coefficient (Wildman–Crippen LogP) is 3.13. The molecular formula is C18H16FN3O4. The van der Waals surface area contributed by atoms with Gasteiger partial charge in [-0.3, -0.25) is 15.1 Å². The van der Waals surface area contributed by atoms with Crippen molar-refractivity contribution in [2.45, 2.75) is 6.10 Å². The Balaban J connectivity index is 1.65. The number of aliphatic hydroxyl groups is 1. The number of benzene rings is 2. The molecule has 0 radical (unpaired) electrons. The van der Waals surface area contributed by atoms with E-state index in [1.807, 2.05) is 0 Å². The fourth-order valence-corrected chi connectivity index (χ4v) is 2.50. The maximum absolute atomic E-state index is 12.8. The zero-order valence-electron chi connectivity index (χ0n) is 13.6. The minimum atomic E-state index is -0.827. The van der Waals surface area contributed by atoms with Gasteiger partial charge in [-0.2, -0.15) is 0 Å². The molecular weight excluding hydrogens is 341 g/mol. The molecule has 0 aliphatic carbocycles. The van der Waals surface area contributed by atoms with Crippen molar-refractivity contribution < 1.29 is 19.2 Å². The monoisotopic (exact) mass is 357 g/mol. The smallest absolute Gasteiger partial charge is 0.278 e. The van der Waals surface area contributed by atoms with Gasteiger partial charge in [0.1, 0.15) is 24.3 Å². The molecule has 0 saturated carbocycles. The predicted molar refractivity (Wildman–Crippen MR) is 94.8 cm³/mol. The lowest BCUT2D eigenvalue weighted by Gasteiger charge is -2.15. The number of nitro groups is 1. The van der Waals surface area contributed by atoms with Crippen LogP contribution in [0.5, 0.6) is 5.75 Å². The number of hydrogen-bond acceptors (Lipinski definition) is 6. The number of halogens is 1. The van der Waals surface area contributed by atoms with Gasteiger partial charge in [-0.05, 0) is 36.4 Å². The number of aromatic nitrogens is 1. The SMILES string of the molecule is O=[N+]([O-])c1ccc(NCC(O)COc2ccc(F)cc2)c2ccncc12. The average molecular weight is 357 g/mol. The first-order chi connectivity index (χ1) is 12.5. The minimum absolute atomic E-state index is 0.0190. The highest BCUT2D eigenvalue weighted by Gasteiger charge is 2.15. The first-order valence-electron chi connectivity index (χ1n) is 7.86. The number of nitrogens with one attached hydrogen (secondary N) is 1. The summed E-state index contributed by atoms with van der Waals surface area (Å²) in [6, 6.07) is 10.2. The van der Waals surface area contributed by atoms with Crippen LogP contribution in [0.15, 0.2) is 54.9 Å². The second-order valence-corrected chi connectivity index (χ2v) is 5.61. The zero-order valence-corrected chi connectivity index (χ0v) is 13.6. The maximum Gasteiger partial charge on any atom is 0.278 e. The Labute approximate surface area is 148 Å². The first-order valence-corrected chi connectivity index (χ1v) is 7.86. The van der Waals surface area contributed by atoms with Gasteiger partial charge in [0.05, 0.1) is 10.3 Å². The molecule has 0 aliphatic heterocycles. The van der Waals surface area contributed by atoms with E-state index in [1.54, 1.807) is 18.3 Å². The summed E-state index contributed by atoms with van der Waals surface area (Å²) in [4.78, 5) is 14.6. The normalized spacial score (nSPS) is 11.9. The van der Waals surface area contributed by atoms with E-state index in [0.717, 1.165) is 0 Å². The van der Waals surface area contributed by atoms with E-state index in [4.69, 9.17) is 4.74 Å². The van der Waals surface area contributed by atoms with Gasteiger partial charge in [-0.25, -0.2) is 4.39 Å². The molecule has 1 unspecified atom stereocenters. The Bertz CT molecular complexity index is 918. The third kappa shape index (κ3) is 4.04. The van der Waals surface area contributed by atoms with Crippen LogP contribution in [-0.2, 0) is 0 Å². The number of hydrogen-bond donors (Lipinski definition) is 2. The molecule has 0 spiro atoms. The van der Waals surface area contributed by atoms with Gasteiger partial charge in [0.2, 0.25) is 0 Å². The molecule has 3 rings (SSSR count). The quantitative estimate of drug-likeness (QED) is 0.498. The maximum atomic E-state index is 12.8. The lowest BCUT2D eigenvalue weighted by atomic mass is 10.1. The molecule has 0 amide bonds. The summed E-state index contributed by atoms with van der Waals surface area (Å²) in [6.45, 7) is 0.196. The molecule has 134 valence electrons. The van der Waals surface area contributed by atoms with Crippen molar-refractivity contribution in [2.75, 3.05) is 18.5 Å². The Morgan fingerprint density at radius 3 is 2.69 bits per heavy atom. The molecule has 0 aliphatic rings. The van der Waals surface area contributed by atoms with E-state index in [9.17, 15) is 19.6 Å². The van der Waals surface area contributed by atoms with E-state index in [1.165, 1.54) is 36.5 Å². The largest absolute Gasteiger partial charge is 0.491 e. The summed E-state index contributed by atoms with van der Waals surface area (Å²) < 4.78 is 18.2. The number of nitro benzene ring substituents is 1. The lowest BCUT2D eigenvalue weighted by molar-refractivity contribution is -0.383. The van der Waals surface area contributed by atoms with Crippen LogP contribution in [-0.4, -0.2) is 34.3 Å². The Hall–Kier alpha value is -3.26. The van der Waals surface area contributed by atoms with Crippen molar-refractivity contribution in [1.29, 1.82) is 0 Å². The molecule has 8 heteroatoms. The summed E-state index contributed by atoms with van der Waals surface area (Å²) in [5.74, 6) is 0.0939. The van der Waals surface area contributed by atoms with Crippen LogP contribution in [0.2, 0.25) is 0 Å². The third-order valence-electron chi connectivity index (χ3n) is 3.78. The van der Waals surface area contributed by atoms with E-state index >= 15 is 0 Å². The van der Waals surface area contributed by atoms with Crippen LogP contribution < -0.4 is 10.1 Å². The summed E-state index contributed by atoms with van der Waals surface area (Å²) >= 11 is 0. The summed E-state index contributed by atoms with van der Waals surface area (Å²) in [5, 5.41) is 25.3. The highest BCUT2D eigenvalue weighted by Crippen LogP contribution is 2.30. The number of pyridine rings is 1. The van der Waals surface area contributed by atoms with Crippen molar-refractivity contribution in [3.8, 4) is 5.75 Å². The molecule has 2 N–H and O–H groups in total. The highest BCUT2D eigenvalue weighted by atomic mass is 19.1. The van der Waals surface area contributed by atoms with Crippen LogP contribution >= 0.6 is 0 Å². The standard InChI is InChI=1S/C18H16FN3O4/c19-12-1-3-14(4-2-12)26-11-13(23)9-21-17-5-6-18(22(24)25)16-10-20-8-7-15(16)17/h1-8,10,13,21,23H,9,11H2. The van der Waals surface area contributed by atoms with E-state index in [-0.39, 0.29) is 24.7 Å². The van der Waals surface area contributed by atoms with Crippen molar-refractivity contribution in [1.82, 2.24) is 4.98 Å². The van der Waals surface area contributed by atoms with Crippen LogP contribution in [0.4, 0.5) is 15.8 Å². The van der Waals surface area contributed by atoms with Gasteiger partial charge in [0.25, 0.3) is 5.69 Å². The van der Waals surface area contributed by atoms with Gasteiger partial charge < -0.3 is 15.2 Å². The number of ether oxygens (including phenoxy) is 1. The molecule has 1 atom stereocenters.